The van der Waals surface area contributed by atoms with Crippen molar-refractivity contribution in [3.05, 3.63) is 53.1 Å². The van der Waals surface area contributed by atoms with Crippen LogP contribution in [0.2, 0.25) is 5.02 Å². The Balaban J connectivity index is 1.93. The topological polar surface area (TPSA) is 46.5 Å². The van der Waals surface area contributed by atoms with Gasteiger partial charge in [0, 0.05) is 11.4 Å². The van der Waals surface area contributed by atoms with Gasteiger partial charge >= 0.3 is 5.97 Å². The van der Waals surface area contributed by atoms with Gasteiger partial charge in [0.05, 0.1) is 0 Å². The molecule has 1 heterocycles. The quantitative estimate of drug-likeness (QED) is 0.913. The number of carboxylic acids is 1. The maximum absolute atomic E-state index is 10.9. The SMILES string of the molecule is O=C(O)C1Cc2cc(-c3ccc(Cl)cc3)ccc2O1. The van der Waals surface area contributed by atoms with Crippen LogP contribution in [0.15, 0.2) is 42.5 Å². The molecule has 2 aromatic rings. The summed E-state index contributed by atoms with van der Waals surface area (Å²) in [6, 6.07) is 13.3. The van der Waals surface area contributed by atoms with Crippen LogP contribution in [0.4, 0.5) is 0 Å². The highest BCUT2D eigenvalue weighted by atomic mass is 35.5. The van der Waals surface area contributed by atoms with Gasteiger partial charge in [-0.1, -0.05) is 29.8 Å². The van der Waals surface area contributed by atoms with Crippen molar-refractivity contribution < 1.29 is 14.6 Å². The zero-order valence-corrected chi connectivity index (χ0v) is 10.7. The second-order valence-electron chi connectivity index (χ2n) is 4.48. The summed E-state index contributed by atoms with van der Waals surface area (Å²) >= 11 is 5.86. The first-order chi connectivity index (χ1) is 9.13. The van der Waals surface area contributed by atoms with Crippen LogP contribution in [-0.2, 0) is 11.2 Å². The second-order valence-corrected chi connectivity index (χ2v) is 4.91. The lowest BCUT2D eigenvalue weighted by Gasteiger charge is -2.05. The van der Waals surface area contributed by atoms with Crippen LogP contribution in [0.3, 0.4) is 0 Å². The molecule has 0 bridgehead atoms. The highest BCUT2D eigenvalue weighted by Crippen LogP contribution is 2.33. The summed E-state index contributed by atoms with van der Waals surface area (Å²) in [7, 11) is 0. The summed E-state index contributed by atoms with van der Waals surface area (Å²) in [6.45, 7) is 0. The fraction of sp³-hybridized carbons (Fsp3) is 0.133. The highest BCUT2D eigenvalue weighted by Gasteiger charge is 2.28. The third-order valence-corrected chi connectivity index (χ3v) is 3.44. The fourth-order valence-corrected chi connectivity index (χ4v) is 2.33. The average Bonchev–Trinajstić information content (AvgIpc) is 2.82. The van der Waals surface area contributed by atoms with Crippen LogP contribution >= 0.6 is 11.6 Å². The zero-order chi connectivity index (χ0) is 13.4. The molecule has 0 aliphatic carbocycles. The van der Waals surface area contributed by atoms with Gasteiger partial charge in [-0.15, -0.1) is 0 Å². The molecule has 0 radical (unpaired) electrons. The monoisotopic (exact) mass is 274 g/mol. The van der Waals surface area contributed by atoms with Crippen molar-refractivity contribution in [3.63, 3.8) is 0 Å². The molecule has 1 aliphatic heterocycles. The smallest absolute Gasteiger partial charge is 0.345 e. The summed E-state index contributed by atoms with van der Waals surface area (Å²) in [4.78, 5) is 10.9. The molecule has 0 aromatic heterocycles. The summed E-state index contributed by atoms with van der Waals surface area (Å²) in [5.74, 6) is -0.269. The molecule has 0 fully saturated rings. The predicted octanol–water partition coefficient (Wildman–Crippen LogP) is 3.40. The van der Waals surface area contributed by atoms with Gasteiger partial charge in [0.15, 0.2) is 6.10 Å². The molecule has 3 rings (SSSR count). The van der Waals surface area contributed by atoms with E-state index in [9.17, 15) is 4.79 Å². The average molecular weight is 275 g/mol. The number of aliphatic carboxylic acids is 1. The molecular weight excluding hydrogens is 264 g/mol. The number of fused-ring (bicyclic) bond motifs is 1. The lowest BCUT2D eigenvalue weighted by molar-refractivity contribution is -0.144. The van der Waals surface area contributed by atoms with Gasteiger partial charge in [-0.3, -0.25) is 0 Å². The van der Waals surface area contributed by atoms with Crippen LogP contribution in [0.25, 0.3) is 11.1 Å². The Labute approximate surface area is 115 Å². The summed E-state index contributed by atoms with van der Waals surface area (Å²) < 4.78 is 5.36. The van der Waals surface area contributed by atoms with E-state index in [2.05, 4.69) is 0 Å². The van der Waals surface area contributed by atoms with E-state index in [1.54, 1.807) is 0 Å². The lowest BCUT2D eigenvalue weighted by atomic mass is 10.0. The molecule has 96 valence electrons. The molecule has 1 atom stereocenters. The Hall–Kier alpha value is -2.00. The number of hydrogen-bond acceptors (Lipinski definition) is 2. The first-order valence-corrected chi connectivity index (χ1v) is 6.29. The van der Waals surface area contributed by atoms with E-state index in [0.29, 0.717) is 17.2 Å². The van der Waals surface area contributed by atoms with Crippen LogP contribution in [0.1, 0.15) is 5.56 Å². The van der Waals surface area contributed by atoms with E-state index in [-0.39, 0.29) is 0 Å². The van der Waals surface area contributed by atoms with E-state index in [1.165, 1.54) is 0 Å². The van der Waals surface area contributed by atoms with Crippen molar-refractivity contribution in [1.29, 1.82) is 0 Å². The Morgan fingerprint density at radius 1 is 1.16 bits per heavy atom. The molecule has 2 aromatic carbocycles. The molecule has 1 unspecified atom stereocenters. The van der Waals surface area contributed by atoms with Crippen molar-refractivity contribution in [1.82, 2.24) is 0 Å². The van der Waals surface area contributed by atoms with E-state index >= 15 is 0 Å². The zero-order valence-electron chi connectivity index (χ0n) is 9.97. The fourth-order valence-electron chi connectivity index (χ4n) is 2.21. The van der Waals surface area contributed by atoms with Crippen molar-refractivity contribution in [2.75, 3.05) is 0 Å². The maximum atomic E-state index is 10.9. The van der Waals surface area contributed by atoms with Crippen molar-refractivity contribution in [2.45, 2.75) is 12.5 Å². The van der Waals surface area contributed by atoms with Crippen molar-refractivity contribution in [3.8, 4) is 16.9 Å². The molecule has 0 saturated carbocycles. The van der Waals surface area contributed by atoms with E-state index in [0.717, 1.165) is 16.7 Å². The molecule has 3 nitrogen and oxygen atoms in total. The van der Waals surface area contributed by atoms with Gasteiger partial charge < -0.3 is 9.84 Å². The number of halogens is 1. The number of hydrogen-bond donors (Lipinski definition) is 1. The minimum Gasteiger partial charge on any atom is -0.478 e. The molecule has 4 heteroatoms. The lowest BCUT2D eigenvalue weighted by Crippen LogP contribution is -2.24. The molecule has 1 N–H and O–H groups in total. The van der Waals surface area contributed by atoms with Gasteiger partial charge in [0.1, 0.15) is 5.75 Å². The second kappa shape index (κ2) is 4.59. The van der Waals surface area contributed by atoms with Gasteiger partial charge in [-0.05, 0) is 41.0 Å². The van der Waals surface area contributed by atoms with E-state index in [1.807, 2.05) is 42.5 Å². The van der Waals surface area contributed by atoms with Crippen LogP contribution in [0.5, 0.6) is 5.75 Å². The largest absolute Gasteiger partial charge is 0.478 e. The van der Waals surface area contributed by atoms with Crippen LogP contribution in [0, 0.1) is 0 Å². The van der Waals surface area contributed by atoms with Gasteiger partial charge in [-0.2, -0.15) is 0 Å². The first kappa shape index (κ1) is 12.1. The minimum absolute atomic E-state index is 0.409. The van der Waals surface area contributed by atoms with Gasteiger partial charge in [0.25, 0.3) is 0 Å². The molecule has 19 heavy (non-hydrogen) atoms. The standard InChI is InChI=1S/C15H11ClO3/c16-12-4-1-9(2-5-12)10-3-6-13-11(7-10)8-14(19-13)15(17)18/h1-7,14H,8H2,(H,17,18). The number of carbonyl (C=O) groups is 1. The number of carboxylic acid groups (broad SMARTS) is 1. The third kappa shape index (κ3) is 2.29. The summed E-state index contributed by atoms with van der Waals surface area (Å²) in [5.41, 5.74) is 3.01. The minimum atomic E-state index is -0.927. The van der Waals surface area contributed by atoms with E-state index < -0.39 is 12.1 Å². The number of benzene rings is 2. The molecule has 0 spiro atoms. The maximum Gasteiger partial charge on any atom is 0.345 e. The molecule has 0 amide bonds. The Bertz CT molecular complexity index is 634. The van der Waals surface area contributed by atoms with Crippen molar-refractivity contribution in [2.24, 2.45) is 0 Å². The van der Waals surface area contributed by atoms with Gasteiger partial charge in [0.2, 0.25) is 0 Å². The Morgan fingerprint density at radius 3 is 2.53 bits per heavy atom. The first-order valence-electron chi connectivity index (χ1n) is 5.92. The normalized spacial score (nSPS) is 16.8. The van der Waals surface area contributed by atoms with Crippen LogP contribution in [-0.4, -0.2) is 17.2 Å². The number of ether oxygens (including phenoxy) is 1. The summed E-state index contributed by atoms with van der Waals surface area (Å²) in [5, 5.41) is 9.66. The van der Waals surface area contributed by atoms with E-state index in [4.69, 9.17) is 21.4 Å². The predicted molar refractivity (Wildman–Crippen MR) is 72.6 cm³/mol. The Kier molecular flexibility index (Phi) is 2.91. The highest BCUT2D eigenvalue weighted by molar-refractivity contribution is 6.30. The number of rotatable bonds is 2. The molecular formula is C15H11ClO3. The Morgan fingerprint density at radius 2 is 1.84 bits per heavy atom. The third-order valence-electron chi connectivity index (χ3n) is 3.19. The molecule has 0 saturated heterocycles. The summed E-state index contributed by atoms with van der Waals surface area (Å²) in [6.07, 6.45) is -0.359. The van der Waals surface area contributed by atoms with Gasteiger partial charge in [-0.25, -0.2) is 4.79 Å². The molecule has 1 aliphatic rings. The van der Waals surface area contributed by atoms with Crippen LogP contribution < -0.4 is 4.74 Å². The van der Waals surface area contributed by atoms with Crippen molar-refractivity contribution >= 4 is 17.6 Å².